The molecule has 0 bridgehead atoms. The number of carbonyl (C=O) groups excluding carboxylic acids is 2. The third-order valence-electron chi connectivity index (χ3n) is 3.36. The first-order valence-electron chi connectivity index (χ1n) is 6.74. The summed E-state index contributed by atoms with van der Waals surface area (Å²) in [6.45, 7) is 1.99. The van der Waals surface area contributed by atoms with Crippen LogP contribution in [0.3, 0.4) is 0 Å². The number of nitrogens with zero attached hydrogens (tertiary/aromatic N) is 1. The van der Waals surface area contributed by atoms with Crippen LogP contribution in [-0.2, 0) is 9.59 Å². The second-order valence-corrected chi connectivity index (χ2v) is 5.94. The lowest BCUT2D eigenvalue weighted by molar-refractivity contribution is -0.117. The molecule has 1 aliphatic heterocycles. The molecular weight excluding hydrogens is 344 g/mol. The number of rotatable bonds is 2. The molecule has 2 amide bonds. The summed E-state index contributed by atoms with van der Waals surface area (Å²) in [5.74, 6) is -0.749. The molecule has 0 radical (unpaired) electrons. The molecule has 3 rings (SSSR count). The first-order valence-corrected chi connectivity index (χ1v) is 7.53. The SMILES string of the molecule is Cc1ccc(C=C2C(=O)NN(c3ccc(Br)cc3)C2=O)cc1. The van der Waals surface area contributed by atoms with Gasteiger partial charge in [-0.3, -0.25) is 15.0 Å². The molecule has 5 heteroatoms. The quantitative estimate of drug-likeness (QED) is 0.663. The van der Waals surface area contributed by atoms with E-state index < -0.39 is 5.91 Å². The van der Waals surface area contributed by atoms with Crippen LogP contribution in [0, 0.1) is 6.92 Å². The topological polar surface area (TPSA) is 49.4 Å². The third-order valence-corrected chi connectivity index (χ3v) is 3.89. The van der Waals surface area contributed by atoms with Crippen LogP contribution in [0.4, 0.5) is 5.69 Å². The summed E-state index contributed by atoms with van der Waals surface area (Å²) in [4.78, 5) is 24.5. The molecule has 1 aliphatic rings. The Labute approximate surface area is 136 Å². The Kier molecular flexibility index (Phi) is 3.81. The fourth-order valence-corrected chi connectivity index (χ4v) is 2.42. The van der Waals surface area contributed by atoms with Crippen molar-refractivity contribution in [2.75, 3.05) is 5.01 Å². The lowest BCUT2D eigenvalue weighted by atomic mass is 10.1. The fourth-order valence-electron chi connectivity index (χ4n) is 2.16. The van der Waals surface area contributed by atoms with Crippen molar-refractivity contribution in [3.8, 4) is 0 Å². The number of halogens is 1. The van der Waals surface area contributed by atoms with E-state index >= 15 is 0 Å². The number of carbonyl (C=O) groups is 2. The lowest BCUT2D eigenvalue weighted by Gasteiger charge is -2.14. The number of amides is 2. The summed E-state index contributed by atoms with van der Waals surface area (Å²) >= 11 is 3.34. The van der Waals surface area contributed by atoms with Crippen molar-refractivity contribution in [1.82, 2.24) is 5.43 Å². The van der Waals surface area contributed by atoms with Crippen molar-refractivity contribution in [1.29, 1.82) is 0 Å². The number of benzene rings is 2. The monoisotopic (exact) mass is 356 g/mol. The Morgan fingerprint density at radius 2 is 1.64 bits per heavy atom. The van der Waals surface area contributed by atoms with Crippen molar-refractivity contribution in [3.05, 3.63) is 69.7 Å². The zero-order valence-corrected chi connectivity index (χ0v) is 13.4. The molecule has 0 spiro atoms. The van der Waals surface area contributed by atoms with Gasteiger partial charge in [-0.15, -0.1) is 0 Å². The third kappa shape index (κ3) is 2.80. The van der Waals surface area contributed by atoms with E-state index in [0.29, 0.717) is 5.69 Å². The van der Waals surface area contributed by atoms with E-state index in [1.54, 1.807) is 18.2 Å². The van der Waals surface area contributed by atoms with Gasteiger partial charge in [0.25, 0.3) is 11.8 Å². The van der Waals surface area contributed by atoms with E-state index in [2.05, 4.69) is 21.4 Å². The molecule has 0 unspecified atom stereocenters. The maximum absolute atomic E-state index is 12.4. The molecule has 0 atom stereocenters. The maximum Gasteiger partial charge on any atom is 0.282 e. The van der Waals surface area contributed by atoms with Gasteiger partial charge in [-0.25, -0.2) is 5.01 Å². The van der Waals surface area contributed by atoms with Gasteiger partial charge in [0.1, 0.15) is 5.57 Å². The normalized spacial score (nSPS) is 16.3. The summed E-state index contributed by atoms with van der Waals surface area (Å²) in [5.41, 5.74) is 5.28. The zero-order valence-electron chi connectivity index (χ0n) is 11.8. The van der Waals surface area contributed by atoms with E-state index in [1.165, 1.54) is 5.01 Å². The van der Waals surface area contributed by atoms with Crippen LogP contribution in [-0.4, -0.2) is 11.8 Å². The molecule has 1 saturated heterocycles. The van der Waals surface area contributed by atoms with Crippen LogP contribution in [0.5, 0.6) is 0 Å². The summed E-state index contributed by atoms with van der Waals surface area (Å²) in [6, 6.07) is 14.8. The molecular formula is C17H13BrN2O2. The Hall–Kier alpha value is -2.40. The maximum atomic E-state index is 12.4. The molecule has 2 aromatic carbocycles. The van der Waals surface area contributed by atoms with Crippen LogP contribution in [0.25, 0.3) is 6.08 Å². The van der Waals surface area contributed by atoms with Gasteiger partial charge in [-0.2, -0.15) is 0 Å². The van der Waals surface area contributed by atoms with Crippen molar-refractivity contribution >= 4 is 39.5 Å². The Bertz CT molecular complexity index is 764. The van der Waals surface area contributed by atoms with Crippen molar-refractivity contribution in [2.24, 2.45) is 0 Å². The Balaban J connectivity index is 1.91. The largest absolute Gasteiger partial charge is 0.282 e. The minimum Gasteiger partial charge on any atom is -0.267 e. The summed E-state index contributed by atoms with van der Waals surface area (Å²) in [7, 11) is 0. The van der Waals surface area contributed by atoms with Gasteiger partial charge in [0.2, 0.25) is 0 Å². The molecule has 0 aromatic heterocycles. The van der Waals surface area contributed by atoms with E-state index in [0.717, 1.165) is 15.6 Å². The average molecular weight is 357 g/mol. The van der Waals surface area contributed by atoms with E-state index in [1.807, 2.05) is 43.3 Å². The summed E-state index contributed by atoms with van der Waals surface area (Å²) in [5, 5.41) is 1.26. The van der Waals surface area contributed by atoms with Crippen molar-refractivity contribution in [3.63, 3.8) is 0 Å². The Morgan fingerprint density at radius 1 is 1.00 bits per heavy atom. The summed E-state index contributed by atoms with van der Waals surface area (Å²) in [6.07, 6.45) is 1.61. The predicted octanol–water partition coefficient (Wildman–Crippen LogP) is 3.22. The first kappa shape index (κ1) is 14.5. The average Bonchev–Trinajstić information content (AvgIpc) is 2.78. The summed E-state index contributed by atoms with van der Waals surface area (Å²) < 4.78 is 0.907. The molecule has 4 nitrogen and oxygen atoms in total. The first-order chi connectivity index (χ1) is 10.5. The lowest BCUT2D eigenvalue weighted by Crippen LogP contribution is -2.35. The highest BCUT2D eigenvalue weighted by atomic mass is 79.9. The standard InChI is InChI=1S/C17H13BrN2O2/c1-11-2-4-12(5-3-11)10-15-16(21)19-20(17(15)22)14-8-6-13(18)7-9-14/h2-10H,1H3,(H,19,21). The highest BCUT2D eigenvalue weighted by Crippen LogP contribution is 2.23. The van der Waals surface area contributed by atoms with Crippen LogP contribution in [0.2, 0.25) is 0 Å². The minimum absolute atomic E-state index is 0.131. The second kappa shape index (κ2) is 5.77. The van der Waals surface area contributed by atoms with Crippen LogP contribution < -0.4 is 10.4 Å². The molecule has 2 aromatic rings. The molecule has 1 N–H and O–H groups in total. The predicted molar refractivity (Wildman–Crippen MR) is 88.9 cm³/mol. The molecule has 1 fully saturated rings. The highest BCUT2D eigenvalue weighted by Gasteiger charge is 2.34. The molecule has 1 heterocycles. The molecule has 22 heavy (non-hydrogen) atoms. The Morgan fingerprint density at radius 3 is 2.27 bits per heavy atom. The van der Waals surface area contributed by atoms with Crippen LogP contribution in [0.15, 0.2) is 58.6 Å². The molecule has 0 saturated carbocycles. The number of hydrazine groups is 1. The van der Waals surface area contributed by atoms with Gasteiger partial charge in [0.05, 0.1) is 5.69 Å². The number of nitrogens with one attached hydrogen (secondary N) is 1. The van der Waals surface area contributed by atoms with Crippen molar-refractivity contribution in [2.45, 2.75) is 6.92 Å². The van der Waals surface area contributed by atoms with Gasteiger partial charge in [-0.1, -0.05) is 45.8 Å². The molecule has 110 valence electrons. The molecule has 0 aliphatic carbocycles. The fraction of sp³-hybridized carbons (Fsp3) is 0.0588. The zero-order chi connectivity index (χ0) is 15.7. The smallest absolute Gasteiger partial charge is 0.267 e. The van der Waals surface area contributed by atoms with E-state index in [4.69, 9.17) is 0 Å². The number of hydrogen-bond acceptors (Lipinski definition) is 2. The van der Waals surface area contributed by atoms with Gasteiger partial charge >= 0.3 is 0 Å². The van der Waals surface area contributed by atoms with Gasteiger partial charge in [-0.05, 0) is 42.8 Å². The number of hydrogen-bond donors (Lipinski definition) is 1. The van der Waals surface area contributed by atoms with Gasteiger partial charge < -0.3 is 0 Å². The minimum atomic E-state index is -0.395. The second-order valence-electron chi connectivity index (χ2n) is 5.03. The van der Waals surface area contributed by atoms with E-state index in [9.17, 15) is 9.59 Å². The number of aryl methyl sites for hydroxylation is 1. The van der Waals surface area contributed by atoms with Gasteiger partial charge in [0, 0.05) is 4.47 Å². The number of anilines is 1. The van der Waals surface area contributed by atoms with Crippen molar-refractivity contribution < 1.29 is 9.59 Å². The van der Waals surface area contributed by atoms with Crippen LogP contribution >= 0.6 is 15.9 Å². The van der Waals surface area contributed by atoms with Gasteiger partial charge in [0.15, 0.2) is 0 Å². The highest BCUT2D eigenvalue weighted by molar-refractivity contribution is 9.10. The van der Waals surface area contributed by atoms with Crippen LogP contribution in [0.1, 0.15) is 11.1 Å². The van der Waals surface area contributed by atoms with E-state index in [-0.39, 0.29) is 11.5 Å².